The third-order valence-electron chi connectivity index (χ3n) is 3.77. The topological polar surface area (TPSA) is 12.0 Å². The second kappa shape index (κ2) is 5.63. The van der Waals surface area contributed by atoms with Gasteiger partial charge >= 0.3 is 0 Å². The van der Waals surface area contributed by atoms with Crippen molar-refractivity contribution >= 4 is 0 Å². The van der Waals surface area contributed by atoms with Gasteiger partial charge < -0.3 is 5.32 Å². The first-order valence-corrected chi connectivity index (χ1v) is 6.69. The molecule has 1 N–H and O–H groups in total. The fourth-order valence-corrected chi connectivity index (χ4v) is 2.38. The van der Waals surface area contributed by atoms with Crippen LogP contribution in [0.5, 0.6) is 0 Å². The van der Waals surface area contributed by atoms with Crippen LogP contribution in [0.4, 0.5) is 4.39 Å². The molecule has 2 heteroatoms. The number of hydrogen-bond donors (Lipinski definition) is 1. The third-order valence-corrected chi connectivity index (χ3v) is 3.77. The van der Waals surface area contributed by atoms with Crippen LogP contribution in [0.15, 0.2) is 24.3 Å². The molecule has 0 amide bonds. The summed E-state index contributed by atoms with van der Waals surface area (Å²) in [4.78, 5) is 0. The van der Waals surface area contributed by atoms with Crippen molar-refractivity contribution in [3.8, 4) is 0 Å². The van der Waals surface area contributed by atoms with Crippen LogP contribution in [0.25, 0.3) is 0 Å². The molecular weight excluding hydrogens is 213 g/mol. The number of rotatable bonds is 6. The monoisotopic (exact) mass is 235 g/mol. The first kappa shape index (κ1) is 12.6. The molecular formula is C15H22FN. The molecule has 0 heterocycles. The number of benzene rings is 1. The second-order valence-electron chi connectivity index (χ2n) is 5.24. The molecule has 2 rings (SSSR count). The molecule has 2 atom stereocenters. The Morgan fingerprint density at radius 2 is 2.18 bits per heavy atom. The highest BCUT2D eigenvalue weighted by Crippen LogP contribution is 2.36. The smallest absolute Gasteiger partial charge is 0.123 e. The average molecular weight is 235 g/mol. The Bertz CT molecular complexity index is 360. The molecule has 0 aliphatic heterocycles. The van der Waals surface area contributed by atoms with Gasteiger partial charge in [-0.2, -0.15) is 0 Å². The Hall–Kier alpha value is -0.890. The molecule has 1 nitrogen and oxygen atoms in total. The average Bonchev–Trinajstić information content (AvgIpc) is 3.13. The van der Waals surface area contributed by atoms with E-state index in [-0.39, 0.29) is 11.9 Å². The van der Waals surface area contributed by atoms with Gasteiger partial charge in [-0.25, -0.2) is 4.39 Å². The number of nitrogens with one attached hydrogen (secondary N) is 1. The Balaban J connectivity index is 1.91. The van der Waals surface area contributed by atoms with E-state index in [1.807, 2.05) is 6.07 Å². The highest BCUT2D eigenvalue weighted by atomic mass is 19.1. The lowest BCUT2D eigenvalue weighted by Gasteiger charge is -2.20. The van der Waals surface area contributed by atoms with Gasteiger partial charge in [-0.05, 0) is 55.3 Å². The fraction of sp³-hybridized carbons (Fsp3) is 0.600. The molecule has 1 aromatic rings. The van der Waals surface area contributed by atoms with Crippen LogP contribution in [-0.2, 0) is 0 Å². The van der Waals surface area contributed by atoms with E-state index in [2.05, 4.69) is 19.2 Å². The SMILES string of the molecule is CCC(NCC(C)C1CC1)c1cccc(F)c1. The molecule has 0 radical (unpaired) electrons. The summed E-state index contributed by atoms with van der Waals surface area (Å²) in [6.45, 7) is 5.49. The molecule has 0 saturated heterocycles. The number of halogens is 1. The van der Waals surface area contributed by atoms with Gasteiger partial charge in [0.05, 0.1) is 0 Å². The minimum atomic E-state index is -0.141. The Labute approximate surface area is 103 Å². The van der Waals surface area contributed by atoms with E-state index in [1.54, 1.807) is 12.1 Å². The van der Waals surface area contributed by atoms with E-state index < -0.39 is 0 Å². The van der Waals surface area contributed by atoms with Gasteiger partial charge in [0, 0.05) is 6.04 Å². The van der Waals surface area contributed by atoms with Crippen LogP contribution in [-0.4, -0.2) is 6.54 Å². The van der Waals surface area contributed by atoms with Gasteiger partial charge in [0.25, 0.3) is 0 Å². The molecule has 1 aliphatic rings. The molecule has 0 spiro atoms. The minimum Gasteiger partial charge on any atom is -0.310 e. The van der Waals surface area contributed by atoms with Crippen molar-refractivity contribution in [2.75, 3.05) is 6.54 Å². The quantitative estimate of drug-likeness (QED) is 0.788. The first-order valence-electron chi connectivity index (χ1n) is 6.69. The lowest BCUT2D eigenvalue weighted by molar-refractivity contribution is 0.413. The van der Waals surface area contributed by atoms with Gasteiger partial charge in [-0.15, -0.1) is 0 Å². The lowest BCUT2D eigenvalue weighted by Crippen LogP contribution is -2.26. The van der Waals surface area contributed by atoms with E-state index in [0.29, 0.717) is 0 Å². The summed E-state index contributed by atoms with van der Waals surface area (Å²) in [6, 6.07) is 7.23. The molecule has 94 valence electrons. The van der Waals surface area contributed by atoms with Gasteiger partial charge in [-0.1, -0.05) is 26.0 Å². The summed E-state index contributed by atoms with van der Waals surface area (Å²) < 4.78 is 13.2. The maximum atomic E-state index is 13.2. The van der Waals surface area contributed by atoms with Crippen LogP contribution >= 0.6 is 0 Å². The van der Waals surface area contributed by atoms with Crippen LogP contribution in [0.2, 0.25) is 0 Å². The van der Waals surface area contributed by atoms with Crippen LogP contribution < -0.4 is 5.32 Å². The van der Waals surface area contributed by atoms with E-state index in [9.17, 15) is 4.39 Å². The van der Waals surface area contributed by atoms with Crippen molar-refractivity contribution < 1.29 is 4.39 Å². The summed E-state index contributed by atoms with van der Waals surface area (Å²) >= 11 is 0. The summed E-state index contributed by atoms with van der Waals surface area (Å²) in [5.74, 6) is 1.53. The van der Waals surface area contributed by atoms with Gasteiger partial charge in [0.2, 0.25) is 0 Å². The second-order valence-corrected chi connectivity index (χ2v) is 5.24. The molecule has 0 bridgehead atoms. The van der Waals surface area contributed by atoms with Gasteiger partial charge in [-0.3, -0.25) is 0 Å². The Morgan fingerprint density at radius 1 is 1.41 bits per heavy atom. The zero-order valence-corrected chi connectivity index (χ0v) is 10.7. The molecule has 1 aromatic carbocycles. The standard InChI is InChI=1S/C15H22FN/c1-3-15(13-5-4-6-14(16)9-13)17-10-11(2)12-7-8-12/h4-6,9,11-12,15,17H,3,7-8,10H2,1-2H3. The molecule has 1 fully saturated rings. The predicted octanol–water partition coefficient (Wildman–Crippen LogP) is 3.91. The molecule has 1 aliphatic carbocycles. The number of hydrogen-bond acceptors (Lipinski definition) is 1. The van der Waals surface area contributed by atoms with E-state index in [0.717, 1.165) is 30.4 Å². The highest BCUT2D eigenvalue weighted by molar-refractivity contribution is 5.20. The summed E-state index contributed by atoms with van der Waals surface area (Å²) in [6.07, 6.45) is 3.78. The van der Waals surface area contributed by atoms with Crippen molar-refractivity contribution in [2.24, 2.45) is 11.8 Å². The van der Waals surface area contributed by atoms with Crippen LogP contribution in [0, 0.1) is 17.7 Å². The zero-order chi connectivity index (χ0) is 12.3. The summed E-state index contributed by atoms with van der Waals surface area (Å²) in [5.41, 5.74) is 1.07. The van der Waals surface area contributed by atoms with Gasteiger partial charge in [0.15, 0.2) is 0 Å². The molecule has 17 heavy (non-hydrogen) atoms. The Morgan fingerprint density at radius 3 is 2.76 bits per heavy atom. The lowest BCUT2D eigenvalue weighted by atomic mass is 10.0. The van der Waals surface area contributed by atoms with Crippen molar-refractivity contribution in [3.05, 3.63) is 35.6 Å². The third kappa shape index (κ3) is 3.53. The van der Waals surface area contributed by atoms with E-state index in [1.165, 1.54) is 18.9 Å². The van der Waals surface area contributed by atoms with Crippen LogP contribution in [0.1, 0.15) is 44.7 Å². The van der Waals surface area contributed by atoms with E-state index >= 15 is 0 Å². The zero-order valence-electron chi connectivity index (χ0n) is 10.7. The van der Waals surface area contributed by atoms with Crippen LogP contribution in [0.3, 0.4) is 0 Å². The molecule has 0 aromatic heterocycles. The van der Waals surface area contributed by atoms with Crippen molar-refractivity contribution in [1.82, 2.24) is 5.32 Å². The largest absolute Gasteiger partial charge is 0.310 e. The summed E-state index contributed by atoms with van der Waals surface area (Å²) in [7, 11) is 0. The minimum absolute atomic E-state index is 0.141. The van der Waals surface area contributed by atoms with E-state index in [4.69, 9.17) is 0 Å². The van der Waals surface area contributed by atoms with Crippen molar-refractivity contribution in [2.45, 2.75) is 39.2 Å². The first-order chi connectivity index (χ1) is 8.20. The summed E-state index contributed by atoms with van der Waals surface area (Å²) in [5, 5.41) is 3.57. The maximum absolute atomic E-state index is 13.2. The van der Waals surface area contributed by atoms with Crippen molar-refractivity contribution in [3.63, 3.8) is 0 Å². The predicted molar refractivity (Wildman–Crippen MR) is 69.3 cm³/mol. The maximum Gasteiger partial charge on any atom is 0.123 e. The normalized spacial score (nSPS) is 19.0. The highest BCUT2D eigenvalue weighted by Gasteiger charge is 2.27. The molecule has 2 unspecified atom stereocenters. The van der Waals surface area contributed by atoms with Crippen molar-refractivity contribution in [1.29, 1.82) is 0 Å². The fourth-order valence-electron chi connectivity index (χ4n) is 2.38. The van der Waals surface area contributed by atoms with Gasteiger partial charge in [0.1, 0.15) is 5.82 Å². The Kier molecular flexibility index (Phi) is 4.16. The molecule has 1 saturated carbocycles.